The van der Waals surface area contributed by atoms with Crippen LogP contribution in [0, 0.1) is 5.92 Å². The van der Waals surface area contributed by atoms with Crippen LogP contribution in [0.4, 0.5) is 5.82 Å². The third-order valence-electron chi connectivity index (χ3n) is 2.22. The number of carbonyl (C=O) groups is 1. The van der Waals surface area contributed by atoms with E-state index in [1.54, 1.807) is 0 Å². The summed E-state index contributed by atoms with van der Waals surface area (Å²) >= 11 is 0. The van der Waals surface area contributed by atoms with E-state index in [0.717, 1.165) is 0 Å². The number of rotatable bonds is 6. The van der Waals surface area contributed by atoms with Gasteiger partial charge in [0, 0.05) is 12.7 Å². The lowest BCUT2D eigenvalue weighted by Gasteiger charge is -2.10. The van der Waals surface area contributed by atoms with Gasteiger partial charge >= 0.3 is 0 Å². The molecule has 1 amide bonds. The maximum Gasteiger partial charge on any atom is 0.244 e. The number of pyridine rings is 1. The number of sulfonamides is 1. The molecule has 0 atom stereocenters. The molecule has 0 fully saturated rings. The molecule has 1 heterocycles. The molecule has 106 valence electrons. The largest absolute Gasteiger partial charge is 0.383 e. The zero-order valence-electron chi connectivity index (χ0n) is 10.9. The summed E-state index contributed by atoms with van der Waals surface area (Å²) in [6.45, 7) is 4.06. The summed E-state index contributed by atoms with van der Waals surface area (Å²) in [4.78, 5) is 15.0. The van der Waals surface area contributed by atoms with Crippen LogP contribution in [0.25, 0.3) is 0 Å². The molecule has 0 saturated heterocycles. The van der Waals surface area contributed by atoms with Gasteiger partial charge in [-0.05, 0) is 18.1 Å². The molecule has 0 radical (unpaired) electrons. The number of aromatic nitrogens is 1. The first-order chi connectivity index (χ1) is 8.83. The highest BCUT2D eigenvalue weighted by molar-refractivity contribution is 7.89. The number of amides is 1. The molecule has 0 aliphatic heterocycles. The zero-order valence-corrected chi connectivity index (χ0v) is 11.7. The maximum atomic E-state index is 11.9. The summed E-state index contributed by atoms with van der Waals surface area (Å²) in [5.74, 6) is -0.188. The van der Waals surface area contributed by atoms with E-state index in [-0.39, 0.29) is 23.2 Å². The average molecular weight is 286 g/mol. The van der Waals surface area contributed by atoms with E-state index in [1.807, 2.05) is 13.8 Å². The topological polar surface area (TPSA) is 114 Å². The standard InChI is InChI=1S/C11H18N4O3S/c1-8(2)6-14-10(16)7-15-19(17,18)9-4-3-5-13-11(9)12/h3-5,8,15H,6-7H2,1-2H3,(H2,12,13)(H,14,16). The number of nitrogens with one attached hydrogen (secondary N) is 2. The summed E-state index contributed by atoms with van der Waals surface area (Å²) in [5.41, 5.74) is 5.48. The van der Waals surface area contributed by atoms with Crippen LogP contribution in [0.2, 0.25) is 0 Å². The number of anilines is 1. The van der Waals surface area contributed by atoms with Crippen LogP contribution in [0.3, 0.4) is 0 Å². The van der Waals surface area contributed by atoms with E-state index in [2.05, 4.69) is 15.0 Å². The second-order valence-corrected chi connectivity index (χ2v) is 6.14. The lowest BCUT2D eigenvalue weighted by Crippen LogP contribution is -2.38. The summed E-state index contributed by atoms with van der Waals surface area (Å²) in [5, 5.41) is 2.61. The van der Waals surface area contributed by atoms with Gasteiger partial charge in [0.25, 0.3) is 0 Å². The molecule has 0 spiro atoms. The summed E-state index contributed by atoms with van der Waals surface area (Å²) in [6.07, 6.45) is 1.39. The Balaban J connectivity index is 2.62. The first kappa shape index (κ1) is 15.4. The summed E-state index contributed by atoms with van der Waals surface area (Å²) < 4.78 is 25.9. The second kappa shape index (κ2) is 6.48. The molecule has 0 aliphatic rings. The molecular weight excluding hydrogens is 268 g/mol. The normalized spacial score (nSPS) is 11.5. The molecule has 0 bridgehead atoms. The van der Waals surface area contributed by atoms with Gasteiger partial charge in [-0.1, -0.05) is 13.8 Å². The Morgan fingerprint density at radius 1 is 1.47 bits per heavy atom. The van der Waals surface area contributed by atoms with Crippen molar-refractivity contribution in [3.05, 3.63) is 18.3 Å². The highest BCUT2D eigenvalue weighted by Crippen LogP contribution is 2.13. The van der Waals surface area contributed by atoms with Gasteiger partial charge in [0.15, 0.2) is 0 Å². The minimum atomic E-state index is -3.82. The Morgan fingerprint density at radius 3 is 2.74 bits per heavy atom. The SMILES string of the molecule is CC(C)CNC(=O)CNS(=O)(=O)c1cccnc1N. The van der Waals surface area contributed by atoms with E-state index in [1.165, 1.54) is 18.3 Å². The summed E-state index contributed by atoms with van der Waals surface area (Å²) in [6, 6.07) is 2.79. The van der Waals surface area contributed by atoms with Crippen molar-refractivity contribution in [2.24, 2.45) is 5.92 Å². The molecule has 19 heavy (non-hydrogen) atoms. The molecular formula is C11H18N4O3S. The van der Waals surface area contributed by atoms with E-state index in [0.29, 0.717) is 12.5 Å². The predicted octanol–water partition coefficient (Wildman–Crippen LogP) is -0.286. The van der Waals surface area contributed by atoms with Gasteiger partial charge in [0.1, 0.15) is 10.7 Å². The van der Waals surface area contributed by atoms with Crippen LogP contribution in [0.5, 0.6) is 0 Å². The number of nitrogen functional groups attached to an aromatic ring is 1. The molecule has 0 saturated carbocycles. The molecule has 0 aromatic carbocycles. The number of carbonyl (C=O) groups excluding carboxylic acids is 1. The molecule has 1 rings (SSSR count). The number of hydrogen-bond acceptors (Lipinski definition) is 5. The van der Waals surface area contributed by atoms with E-state index >= 15 is 0 Å². The highest BCUT2D eigenvalue weighted by atomic mass is 32.2. The van der Waals surface area contributed by atoms with Gasteiger partial charge in [-0.25, -0.2) is 18.1 Å². The fraction of sp³-hybridized carbons (Fsp3) is 0.455. The van der Waals surface area contributed by atoms with Gasteiger partial charge in [0.2, 0.25) is 15.9 Å². The van der Waals surface area contributed by atoms with Gasteiger partial charge in [-0.2, -0.15) is 0 Å². The van der Waals surface area contributed by atoms with Crippen molar-refractivity contribution >= 4 is 21.7 Å². The lowest BCUT2D eigenvalue weighted by atomic mass is 10.2. The zero-order chi connectivity index (χ0) is 14.5. The van der Waals surface area contributed by atoms with Crippen LogP contribution >= 0.6 is 0 Å². The van der Waals surface area contributed by atoms with Gasteiger partial charge in [0.05, 0.1) is 6.54 Å². The maximum absolute atomic E-state index is 11.9. The van der Waals surface area contributed by atoms with Gasteiger partial charge < -0.3 is 11.1 Å². The third-order valence-corrected chi connectivity index (χ3v) is 3.67. The van der Waals surface area contributed by atoms with Crippen molar-refractivity contribution in [3.63, 3.8) is 0 Å². The Bertz CT molecular complexity index is 543. The lowest BCUT2D eigenvalue weighted by molar-refractivity contribution is -0.120. The quantitative estimate of drug-likeness (QED) is 0.665. The van der Waals surface area contributed by atoms with Crippen LogP contribution in [0.1, 0.15) is 13.8 Å². The number of nitrogens with two attached hydrogens (primary N) is 1. The Morgan fingerprint density at radius 2 is 2.16 bits per heavy atom. The monoisotopic (exact) mass is 286 g/mol. The molecule has 1 aromatic rings. The number of hydrogen-bond donors (Lipinski definition) is 3. The Hall–Kier alpha value is -1.67. The molecule has 7 nitrogen and oxygen atoms in total. The van der Waals surface area contributed by atoms with Crippen LogP contribution in [0.15, 0.2) is 23.2 Å². The van der Waals surface area contributed by atoms with Crippen LogP contribution in [-0.4, -0.2) is 32.4 Å². The van der Waals surface area contributed by atoms with Crippen LogP contribution < -0.4 is 15.8 Å². The molecule has 0 unspecified atom stereocenters. The fourth-order valence-electron chi connectivity index (χ4n) is 1.25. The minimum absolute atomic E-state index is 0.0995. The smallest absolute Gasteiger partial charge is 0.244 e. The third kappa shape index (κ3) is 4.84. The average Bonchev–Trinajstić information content (AvgIpc) is 2.34. The molecule has 8 heteroatoms. The van der Waals surface area contributed by atoms with E-state index < -0.39 is 10.0 Å². The predicted molar refractivity (Wildman–Crippen MR) is 71.7 cm³/mol. The minimum Gasteiger partial charge on any atom is -0.383 e. The van der Waals surface area contributed by atoms with E-state index in [4.69, 9.17) is 5.73 Å². The van der Waals surface area contributed by atoms with Crippen molar-refractivity contribution in [3.8, 4) is 0 Å². The highest BCUT2D eigenvalue weighted by Gasteiger charge is 2.18. The second-order valence-electron chi connectivity index (χ2n) is 4.41. The molecule has 4 N–H and O–H groups in total. The number of nitrogens with zero attached hydrogens (tertiary/aromatic N) is 1. The Labute approximate surface area is 112 Å². The van der Waals surface area contributed by atoms with Crippen molar-refractivity contribution in [1.29, 1.82) is 0 Å². The first-order valence-corrected chi connectivity index (χ1v) is 7.28. The van der Waals surface area contributed by atoms with Crippen molar-refractivity contribution < 1.29 is 13.2 Å². The fourth-order valence-corrected chi connectivity index (χ4v) is 2.31. The van der Waals surface area contributed by atoms with Gasteiger partial charge in [-0.3, -0.25) is 4.79 Å². The van der Waals surface area contributed by atoms with Crippen molar-refractivity contribution in [1.82, 2.24) is 15.0 Å². The van der Waals surface area contributed by atoms with Crippen LogP contribution in [-0.2, 0) is 14.8 Å². The molecule has 1 aromatic heterocycles. The molecule has 0 aliphatic carbocycles. The van der Waals surface area contributed by atoms with E-state index in [9.17, 15) is 13.2 Å². The van der Waals surface area contributed by atoms with Crippen molar-refractivity contribution in [2.45, 2.75) is 18.7 Å². The first-order valence-electron chi connectivity index (χ1n) is 5.80. The summed E-state index contributed by atoms with van der Waals surface area (Å²) in [7, 11) is -3.82. The Kier molecular flexibility index (Phi) is 5.25. The van der Waals surface area contributed by atoms with Gasteiger partial charge in [-0.15, -0.1) is 0 Å². The van der Waals surface area contributed by atoms with Crippen molar-refractivity contribution in [2.75, 3.05) is 18.8 Å².